The molecule has 0 unspecified atom stereocenters. The first kappa shape index (κ1) is 28.8. The summed E-state index contributed by atoms with van der Waals surface area (Å²) in [5.74, 6) is 0.753. The molecule has 208 valence electrons. The van der Waals surface area contributed by atoms with Gasteiger partial charge in [-0.1, -0.05) is 36.9 Å². The van der Waals surface area contributed by atoms with Gasteiger partial charge in [0.25, 0.3) is 0 Å². The third-order valence-corrected chi connectivity index (χ3v) is 7.64. The number of aromatic nitrogens is 3. The highest BCUT2D eigenvalue weighted by Gasteiger charge is 2.51. The normalized spacial score (nSPS) is 14.8. The molecule has 6 nitrogen and oxygen atoms in total. The van der Waals surface area contributed by atoms with Crippen molar-refractivity contribution in [2.24, 2.45) is 11.3 Å². The van der Waals surface area contributed by atoms with Crippen molar-refractivity contribution >= 4 is 17.4 Å². The quantitative estimate of drug-likeness (QED) is 0.298. The van der Waals surface area contributed by atoms with Crippen LogP contribution in [0.1, 0.15) is 57.9 Å². The van der Waals surface area contributed by atoms with E-state index in [1.165, 1.54) is 32.1 Å². The fourth-order valence-corrected chi connectivity index (χ4v) is 4.75. The molecule has 1 N–H and O–H groups in total. The van der Waals surface area contributed by atoms with Crippen LogP contribution in [-0.4, -0.2) is 33.5 Å². The Morgan fingerprint density at radius 2 is 1.74 bits per heavy atom. The van der Waals surface area contributed by atoms with E-state index in [-0.39, 0.29) is 29.5 Å². The first-order valence-electron chi connectivity index (χ1n) is 13.0. The number of aromatic amines is 1. The molecule has 0 aliphatic heterocycles. The lowest BCUT2D eigenvalue weighted by Crippen LogP contribution is -2.39. The molecule has 10 heteroatoms. The van der Waals surface area contributed by atoms with E-state index in [1.54, 1.807) is 30.3 Å². The van der Waals surface area contributed by atoms with Gasteiger partial charge in [-0.05, 0) is 81.0 Å². The molecular formula is C29H31ClF3N3O3. The first-order valence-corrected chi connectivity index (χ1v) is 13.4. The van der Waals surface area contributed by atoms with E-state index in [2.05, 4.69) is 15.0 Å². The highest BCUT2D eigenvalue weighted by atomic mass is 35.5. The second kappa shape index (κ2) is 11.9. The number of carbonyl (C=O) groups excluding carboxylic acids is 1. The van der Waals surface area contributed by atoms with Gasteiger partial charge < -0.3 is 4.74 Å². The van der Waals surface area contributed by atoms with Crippen molar-refractivity contribution in [3.63, 3.8) is 0 Å². The molecule has 1 saturated carbocycles. The summed E-state index contributed by atoms with van der Waals surface area (Å²) in [6.07, 6.45) is 1.30. The van der Waals surface area contributed by atoms with E-state index < -0.39 is 23.1 Å². The van der Waals surface area contributed by atoms with Crippen LogP contribution in [0.25, 0.3) is 22.8 Å². The summed E-state index contributed by atoms with van der Waals surface area (Å²) in [5, 5.41) is 0.285. The Morgan fingerprint density at radius 1 is 1.05 bits per heavy atom. The van der Waals surface area contributed by atoms with Gasteiger partial charge >= 0.3 is 11.9 Å². The molecule has 1 aliphatic rings. The van der Waals surface area contributed by atoms with Crippen molar-refractivity contribution in [1.29, 1.82) is 0 Å². The minimum Gasteiger partial charge on any atom is -0.493 e. The van der Waals surface area contributed by atoms with Gasteiger partial charge in [-0.2, -0.15) is 18.2 Å². The number of nitrogens with one attached hydrogen (secondary N) is 1. The van der Waals surface area contributed by atoms with Crippen molar-refractivity contribution < 1.29 is 22.7 Å². The van der Waals surface area contributed by atoms with E-state index >= 15 is 0 Å². The van der Waals surface area contributed by atoms with Crippen molar-refractivity contribution in [2.45, 2.75) is 65.0 Å². The van der Waals surface area contributed by atoms with Gasteiger partial charge in [-0.3, -0.25) is 9.78 Å². The summed E-state index contributed by atoms with van der Waals surface area (Å²) in [5.41, 5.74) is -1.49. The Balaban J connectivity index is 1.50. The molecule has 0 bridgehead atoms. The number of alkyl halides is 3. The average Bonchev–Trinajstić information content (AvgIpc) is 2.91. The van der Waals surface area contributed by atoms with E-state index in [4.69, 9.17) is 16.3 Å². The first-order chi connectivity index (χ1) is 18.4. The van der Waals surface area contributed by atoms with E-state index in [0.717, 1.165) is 19.6 Å². The van der Waals surface area contributed by atoms with Gasteiger partial charge in [0.15, 0.2) is 5.82 Å². The molecule has 0 radical (unpaired) electrons. The summed E-state index contributed by atoms with van der Waals surface area (Å²) in [6, 6.07) is 12.0. The fraction of sp³-hybridized carbons (Fsp3) is 0.448. The number of rotatable bonds is 9. The number of hydrogen-bond donors (Lipinski definition) is 1. The Hall–Kier alpha value is -3.20. The number of nitrogens with zero attached hydrogens (tertiary/aromatic N) is 2. The zero-order valence-corrected chi connectivity index (χ0v) is 22.7. The van der Waals surface area contributed by atoms with Crippen LogP contribution in [0, 0.1) is 11.3 Å². The number of H-pyrrole nitrogens is 1. The number of Topliss-reactive ketones (excluding diaryl/α,β-unsaturated/α-hetero) is 1. The monoisotopic (exact) mass is 561 g/mol. The van der Waals surface area contributed by atoms with Gasteiger partial charge in [0.2, 0.25) is 0 Å². The lowest BCUT2D eigenvalue weighted by Gasteiger charge is -2.26. The van der Waals surface area contributed by atoms with Crippen LogP contribution in [0.2, 0.25) is 5.02 Å². The maximum atomic E-state index is 13.2. The number of benzene rings is 2. The third kappa shape index (κ3) is 7.06. The van der Waals surface area contributed by atoms with Crippen LogP contribution in [0.15, 0.2) is 47.3 Å². The molecule has 2 aromatic carbocycles. The van der Waals surface area contributed by atoms with E-state index in [9.17, 15) is 22.8 Å². The molecule has 3 aromatic rings. The Labute approximate surface area is 230 Å². The van der Waals surface area contributed by atoms with E-state index in [1.807, 2.05) is 12.1 Å². The van der Waals surface area contributed by atoms with Crippen LogP contribution in [0.5, 0.6) is 5.75 Å². The molecule has 1 heterocycles. The van der Waals surface area contributed by atoms with Crippen LogP contribution < -0.4 is 10.4 Å². The minimum atomic E-state index is -4.63. The number of ether oxygens (including phenoxy) is 1. The molecule has 1 fully saturated rings. The summed E-state index contributed by atoms with van der Waals surface area (Å²) in [4.78, 5) is 35.7. The molecule has 4 rings (SSSR count). The number of carbonyl (C=O) groups is 1. The van der Waals surface area contributed by atoms with Crippen LogP contribution in [-0.2, 0) is 11.2 Å². The van der Waals surface area contributed by atoms with Gasteiger partial charge in [-0.15, -0.1) is 0 Å². The predicted molar refractivity (Wildman–Crippen MR) is 144 cm³/mol. The Bertz CT molecular complexity index is 1360. The lowest BCUT2D eigenvalue weighted by molar-refractivity contribution is -0.210. The van der Waals surface area contributed by atoms with Crippen LogP contribution in [0.4, 0.5) is 13.2 Å². The summed E-state index contributed by atoms with van der Waals surface area (Å²) in [7, 11) is 0. The van der Waals surface area contributed by atoms with Crippen molar-refractivity contribution in [3.05, 3.63) is 63.5 Å². The zero-order chi connectivity index (χ0) is 28.2. The highest BCUT2D eigenvalue weighted by molar-refractivity contribution is 6.33. The van der Waals surface area contributed by atoms with Crippen molar-refractivity contribution in [2.75, 3.05) is 6.61 Å². The summed E-state index contributed by atoms with van der Waals surface area (Å²) >= 11 is 6.38. The second-order valence-corrected chi connectivity index (χ2v) is 10.9. The Kier molecular flexibility index (Phi) is 8.79. The van der Waals surface area contributed by atoms with Crippen LogP contribution >= 0.6 is 11.6 Å². The smallest absolute Gasteiger partial charge is 0.400 e. The number of halogens is 4. The lowest BCUT2D eigenvalue weighted by atomic mass is 9.84. The molecule has 0 atom stereocenters. The molecule has 0 amide bonds. The molecular weight excluding hydrogens is 531 g/mol. The maximum Gasteiger partial charge on any atom is 0.400 e. The Morgan fingerprint density at radius 3 is 2.41 bits per heavy atom. The van der Waals surface area contributed by atoms with Gasteiger partial charge in [0.1, 0.15) is 22.8 Å². The van der Waals surface area contributed by atoms with Crippen molar-refractivity contribution in [1.82, 2.24) is 15.0 Å². The number of hydrogen-bond acceptors (Lipinski definition) is 5. The topological polar surface area (TPSA) is 84.9 Å². The summed E-state index contributed by atoms with van der Waals surface area (Å²) < 4.78 is 45.6. The molecule has 1 aliphatic carbocycles. The molecule has 1 aromatic heterocycles. The summed E-state index contributed by atoms with van der Waals surface area (Å²) in [6.45, 7) is 2.44. The van der Waals surface area contributed by atoms with Crippen molar-refractivity contribution in [3.8, 4) is 28.5 Å². The van der Waals surface area contributed by atoms with Gasteiger partial charge in [0, 0.05) is 17.5 Å². The third-order valence-electron chi connectivity index (χ3n) is 7.31. The molecule has 39 heavy (non-hydrogen) atoms. The number of aryl methyl sites for hydroxylation is 1. The predicted octanol–water partition coefficient (Wildman–Crippen LogP) is 7.20. The number of ketones is 1. The molecule has 0 spiro atoms. The largest absolute Gasteiger partial charge is 0.493 e. The van der Waals surface area contributed by atoms with Gasteiger partial charge in [-0.25, -0.2) is 9.78 Å². The highest BCUT2D eigenvalue weighted by Crippen LogP contribution is 2.39. The standard InChI is InChI=1S/C29H31ClF3N3O3/c1-28(2,29(31,32)33)24(37)15-9-18-8-14-23(30)22(16-18)26-34-25(35-27(38)36-26)20-10-12-21(13-11-20)39-17-19-6-4-3-5-7-19/h8,10-14,16,19H,3-7,9,15,17H2,1-2H3,(H,34,35,36,38). The maximum absolute atomic E-state index is 13.2. The average molecular weight is 562 g/mol. The fourth-order valence-electron chi connectivity index (χ4n) is 4.55. The molecule has 0 saturated heterocycles. The second-order valence-electron chi connectivity index (χ2n) is 10.5. The minimum absolute atomic E-state index is 0.0764. The zero-order valence-electron chi connectivity index (χ0n) is 21.9. The SMILES string of the molecule is CC(C)(C(=O)CCc1ccc(Cl)c(-c2nc(-c3ccc(OCC4CCCCC4)cc3)nc(=O)[nH]2)c1)C(F)(F)F. The van der Waals surface area contributed by atoms with Gasteiger partial charge in [0.05, 0.1) is 11.6 Å². The van der Waals surface area contributed by atoms with E-state index in [0.29, 0.717) is 29.2 Å². The van der Waals surface area contributed by atoms with Crippen LogP contribution in [0.3, 0.4) is 0 Å².